The van der Waals surface area contributed by atoms with Gasteiger partial charge in [-0.05, 0) is 31.2 Å². The highest BCUT2D eigenvalue weighted by Crippen LogP contribution is 2.38. The van der Waals surface area contributed by atoms with Gasteiger partial charge in [0, 0.05) is 32.0 Å². The van der Waals surface area contributed by atoms with Crippen LogP contribution in [0.3, 0.4) is 0 Å². The van der Waals surface area contributed by atoms with Gasteiger partial charge < -0.3 is 19.1 Å². The minimum atomic E-state index is -0.367. The number of ether oxygens (including phenoxy) is 3. The molecule has 1 atom stereocenters. The highest BCUT2D eigenvalue weighted by atomic mass is 19.1. The van der Waals surface area contributed by atoms with Crippen LogP contribution in [0.15, 0.2) is 18.2 Å². The first kappa shape index (κ1) is 18.1. The Labute approximate surface area is 148 Å². The van der Waals surface area contributed by atoms with Crippen LogP contribution in [0.4, 0.5) is 4.39 Å². The van der Waals surface area contributed by atoms with E-state index in [0.29, 0.717) is 30.3 Å². The van der Waals surface area contributed by atoms with Gasteiger partial charge in [0.15, 0.2) is 0 Å². The van der Waals surface area contributed by atoms with E-state index >= 15 is 0 Å². The Morgan fingerprint density at radius 3 is 2.92 bits per heavy atom. The molecular formula is C19H26FNO4. The summed E-state index contributed by atoms with van der Waals surface area (Å²) in [5.41, 5.74) is 0.525. The van der Waals surface area contributed by atoms with Crippen molar-refractivity contribution < 1.29 is 23.4 Å². The topological polar surface area (TPSA) is 48.0 Å². The minimum absolute atomic E-state index is 0.0261. The molecule has 1 aromatic carbocycles. The van der Waals surface area contributed by atoms with Crippen molar-refractivity contribution in [3.8, 4) is 5.75 Å². The molecule has 6 heteroatoms. The summed E-state index contributed by atoms with van der Waals surface area (Å²) in [7, 11) is 3.21. The molecule has 0 bridgehead atoms. The Balaban J connectivity index is 1.54. The van der Waals surface area contributed by atoms with E-state index in [9.17, 15) is 9.18 Å². The number of hydrogen-bond acceptors (Lipinski definition) is 4. The van der Waals surface area contributed by atoms with Gasteiger partial charge in [-0.25, -0.2) is 4.39 Å². The van der Waals surface area contributed by atoms with Crippen molar-refractivity contribution in [2.24, 2.45) is 5.92 Å². The molecule has 25 heavy (non-hydrogen) atoms. The molecule has 3 rings (SSSR count). The summed E-state index contributed by atoms with van der Waals surface area (Å²) >= 11 is 0. The van der Waals surface area contributed by atoms with Gasteiger partial charge in [0.25, 0.3) is 0 Å². The number of benzene rings is 1. The highest BCUT2D eigenvalue weighted by Gasteiger charge is 2.48. The van der Waals surface area contributed by atoms with Crippen molar-refractivity contribution in [2.75, 3.05) is 40.5 Å². The van der Waals surface area contributed by atoms with E-state index in [2.05, 4.69) is 0 Å². The second-order valence-corrected chi connectivity index (χ2v) is 7.05. The summed E-state index contributed by atoms with van der Waals surface area (Å²) in [6, 6.07) is 4.28. The molecule has 0 aliphatic carbocycles. The minimum Gasteiger partial charge on any atom is -0.496 e. The fourth-order valence-corrected chi connectivity index (χ4v) is 3.85. The SMILES string of the molecule is COCC[C@@H]1CCOC2(C1)CN(C(=O)Cc1ccc(F)cc1OC)C2. The molecule has 1 spiro atoms. The molecule has 1 aromatic rings. The van der Waals surface area contributed by atoms with Crippen LogP contribution < -0.4 is 4.74 Å². The number of amides is 1. The normalized spacial score (nSPS) is 21.9. The molecule has 2 saturated heterocycles. The second kappa shape index (κ2) is 7.70. The van der Waals surface area contributed by atoms with Crippen molar-refractivity contribution in [1.82, 2.24) is 4.90 Å². The number of carbonyl (C=O) groups excluding carboxylic acids is 1. The van der Waals surface area contributed by atoms with Crippen molar-refractivity contribution in [2.45, 2.75) is 31.3 Å². The van der Waals surface area contributed by atoms with Gasteiger partial charge in [-0.2, -0.15) is 0 Å². The first-order valence-electron chi connectivity index (χ1n) is 8.78. The van der Waals surface area contributed by atoms with E-state index < -0.39 is 0 Å². The van der Waals surface area contributed by atoms with Crippen LogP contribution in [0, 0.1) is 11.7 Å². The lowest BCUT2D eigenvalue weighted by Gasteiger charge is -2.53. The van der Waals surface area contributed by atoms with Gasteiger partial charge in [0.05, 0.1) is 26.6 Å². The molecule has 0 radical (unpaired) electrons. The molecule has 0 N–H and O–H groups in total. The fourth-order valence-electron chi connectivity index (χ4n) is 3.85. The average Bonchev–Trinajstić information content (AvgIpc) is 2.59. The number of carbonyl (C=O) groups is 1. The van der Waals surface area contributed by atoms with Gasteiger partial charge in [0.2, 0.25) is 5.91 Å². The zero-order valence-electron chi connectivity index (χ0n) is 14.9. The maximum Gasteiger partial charge on any atom is 0.227 e. The van der Waals surface area contributed by atoms with E-state index in [1.54, 1.807) is 13.2 Å². The van der Waals surface area contributed by atoms with Gasteiger partial charge >= 0.3 is 0 Å². The van der Waals surface area contributed by atoms with Crippen molar-refractivity contribution in [3.05, 3.63) is 29.6 Å². The molecule has 138 valence electrons. The first-order chi connectivity index (χ1) is 12.0. The van der Waals surface area contributed by atoms with Crippen LogP contribution in [0.2, 0.25) is 0 Å². The maximum atomic E-state index is 13.3. The van der Waals surface area contributed by atoms with E-state index in [1.807, 2.05) is 4.90 Å². The molecule has 0 saturated carbocycles. The number of hydrogen-bond donors (Lipinski definition) is 0. The number of nitrogens with zero attached hydrogens (tertiary/aromatic N) is 1. The summed E-state index contributed by atoms with van der Waals surface area (Å²) in [6.45, 7) is 2.80. The first-order valence-corrected chi connectivity index (χ1v) is 8.78. The van der Waals surface area contributed by atoms with Crippen LogP contribution >= 0.6 is 0 Å². The summed E-state index contributed by atoms with van der Waals surface area (Å²) in [4.78, 5) is 14.3. The van der Waals surface area contributed by atoms with Gasteiger partial charge in [0.1, 0.15) is 17.2 Å². The quantitative estimate of drug-likeness (QED) is 0.790. The third-order valence-electron chi connectivity index (χ3n) is 5.23. The molecule has 0 unspecified atom stereocenters. The molecule has 0 aromatic heterocycles. The van der Waals surface area contributed by atoms with Crippen LogP contribution in [-0.2, 0) is 20.7 Å². The van der Waals surface area contributed by atoms with Gasteiger partial charge in [-0.1, -0.05) is 6.07 Å². The number of rotatable bonds is 6. The molecule has 2 heterocycles. The molecular weight excluding hydrogens is 325 g/mol. The third kappa shape index (κ3) is 4.12. The third-order valence-corrected chi connectivity index (χ3v) is 5.23. The molecule has 2 aliphatic rings. The van der Waals surface area contributed by atoms with E-state index in [-0.39, 0.29) is 23.7 Å². The Hall–Kier alpha value is -1.66. The average molecular weight is 351 g/mol. The Kier molecular flexibility index (Phi) is 5.59. The largest absolute Gasteiger partial charge is 0.496 e. The van der Waals surface area contributed by atoms with E-state index in [1.165, 1.54) is 19.2 Å². The Morgan fingerprint density at radius 1 is 1.40 bits per heavy atom. The smallest absolute Gasteiger partial charge is 0.227 e. The summed E-state index contributed by atoms with van der Waals surface area (Å²) in [5, 5.41) is 0. The predicted octanol–water partition coefficient (Wildman–Crippen LogP) is 2.42. The van der Waals surface area contributed by atoms with Crippen molar-refractivity contribution in [3.63, 3.8) is 0 Å². The van der Waals surface area contributed by atoms with Crippen LogP contribution in [0.1, 0.15) is 24.8 Å². The van der Waals surface area contributed by atoms with E-state index in [4.69, 9.17) is 14.2 Å². The Morgan fingerprint density at radius 2 is 2.20 bits per heavy atom. The lowest BCUT2D eigenvalue weighted by Crippen LogP contribution is -2.66. The van der Waals surface area contributed by atoms with Gasteiger partial charge in [-0.15, -0.1) is 0 Å². The lowest BCUT2D eigenvalue weighted by molar-refractivity contribution is -0.188. The summed E-state index contributed by atoms with van der Waals surface area (Å²) < 4.78 is 29.6. The zero-order chi connectivity index (χ0) is 17.9. The van der Waals surface area contributed by atoms with Crippen LogP contribution in [0.25, 0.3) is 0 Å². The van der Waals surface area contributed by atoms with Gasteiger partial charge in [-0.3, -0.25) is 4.79 Å². The summed E-state index contributed by atoms with van der Waals surface area (Å²) in [6.07, 6.45) is 3.31. The summed E-state index contributed by atoms with van der Waals surface area (Å²) in [5.74, 6) is 0.673. The number of methoxy groups -OCH3 is 2. The van der Waals surface area contributed by atoms with Crippen LogP contribution in [0.5, 0.6) is 5.75 Å². The number of likely N-dealkylation sites (tertiary alicyclic amines) is 1. The monoisotopic (exact) mass is 351 g/mol. The number of halogens is 1. The Bertz CT molecular complexity index is 615. The highest BCUT2D eigenvalue weighted by molar-refractivity contribution is 5.80. The predicted molar refractivity (Wildman–Crippen MR) is 91.1 cm³/mol. The fraction of sp³-hybridized carbons (Fsp3) is 0.632. The molecule has 2 aliphatic heterocycles. The standard InChI is InChI=1S/C19H26FNO4/c1-23-7-5-14-6-8-25-19(11-14)12-21(13-19)18(22)9-15-3-4-16(20)10-17(15)24-2/h3-4,10,14H,5-9,11-13H2,1-2H3/t14-/m1/s1. The molecule has 2 fully saturated rings. The van der Waals surface area contributed by atoms with Crippen molar-refractivity contribution >= 4 is 5.91 Å². The molecule has 1 amide bonds. The lowest BCUT2D eigenvalue weighted by atomic mass is 9.79. The van der Waals surface area contributed by atoms with Crippen LogP contribution in [-0.4, -0.2) is 56.9 Å². The zero-order valence-corrected chi connectivity index (χ0v) is 14.9. The molecule has 5 nitrogen and oxygen atoms in total. The van der Waals surface area contributed by atoms with E-state index in [0.717, 1.165) is 32.5 Å². The second-order valence-electron chi connectivity index (χ2n) is 7.05. The maximum absolute atomic E-state index is 13.3. The van der Waals surface area contributed by atoms with Crippen molar-refractivity contribution in [1.29, 1.82) is 0 Å².